The molecule has 0 fully saturated rings. The van der Waals surface area contributed by atoms with Crippen molar-refractivity contribution in [3.8, 4) is 0 Å². The maximum absolute atomic E-state index is 12.2. The van der Waals surface area contributed by atoms with Gasteiger partial charge in [0.1, 0.15) is 0 Å². The van der Waals surface area contributed by atoms with Gasteiger partial charge in [-0.3, -0.25) is 4.79 Å². The second-order valence-corrected chi connectivity index (χ2v) is 6.80. The molecule has 5 nitrogen and oxygen atoms in total. The topological polar surface area (TPSA) is 87.6 Å². The van der Waals surface area contributed by atoms with Gasteiger partial charge in [-0.05, 0) is 24.5 Å². The van der Waals surface area contributed by atoms with E-state index in [1.165, 1.54) is 12.1 Å². The number of sulfone groups is 1. The highest BCUT2D eigenvalue weighted by Crippen LogP contribution is 2.14. The highest BCUT2D eigenvalue weighted by Gasteiger charge is 2.36. The van der Waals surface area contributed by atoms with E-state index in [9.17, 15) is 13.2 Å². The van der Waals surface area contributed by atoms with Crippen LogP contribution in [0.15, 0.2) is 35.2 Å². The summed E-state index contributed by atoms with van der Waals surface area (Å²) in [5.74, 6) is -0.222. The SMILES string of the molecule is CC(C)CCCC(=O)C(=[N+]=[N-])S(=O)(=O)c1ccccc1. The molecule has 0 aliphatic rings. The van der Waals surface area contributed by atoms with E-state index in [2.05, 4.69) is 4.79 Å². The van der Waals surface area contributed by atoms with Crippen LogP contribution >= 0.6 is 0 Å². The zero-order valence-corrected chi connectivity index (χ0v) is 12.4. The fourth-order valence-corrected chi connectivity index (χ4v) is 3.00. The maximum Gasteiger partial charge on any atom is 0.451 e. The molecule has 0 aliphatic heterocycles. The van der Waals surface area contributed by atoms with Crippen molar-refractivity contribution in [2.75, 3.05) is 0 Å². The Morgan fingerprint density at radius 3 is 2.35 bits per heavy atom. The second kappa shape index (κ2) is 7.12. The van der Waals surface area contributed by atoms with Crippen LogP contribution < -0.4 is 0 Å². The van der Waals surface area contributed by atoms with Gasteiger partial charge < -0.3 is 5.53 Å². The number of hydrogen-bond acceptors (Lipinski definition) is 3. The van der Waals surface area contributed by atoms with Crippen LogP contribution in [0.1, 0.15) is 33.1 Å². The number of hydrogen-bond donors (Lipinski definition) is 0. The minimum atomic E-state index is -4.05. The molecule has 6 heteroatoms. The van der Waals surface area contributed by atoms with Crippen LogP contribution in [0.25, 0.3) is 5.53 Å². The van der Waals surface area contributed by atoms with Gasteiger partial charge in [0.15, 0.2) is 0 Å². The minimum Gasteiger partial charge on any atom is -0.360 e. The zero-order chi connectivity index (χ0) is 15.2. The lowest BCUT2D eigenvalue weighted by atomic mass is 10.1. The van der Waals surface area contributed by atoms with Crippen molar-refractivity contribution < 1.29 is 18.0 Å². The number of carbonyl (C=O) groups is 1. The first-order valence-electron chi connectivity index (χ1n) is 6.45. The maximum atomic E-state index is 12.2. The first kappa shape index (κ1) is 16.3. The number of rotatable bonds is 6. The van der Waals surface area contributed by atoms with Crippen molar-refractivity contribution in [3.05, 3.63) is 35.9 Å². The summed E-state index contributed by atoms with van der Waals surface area (Å²) >= 11 is 0. The van der Waals surface area contributed by atoms with Crippen molar-refractivity contribution >= 4 is 20.7 Å². The predicted molar refractivity (Wildman–Crippen MR) is 76.0 cm³/mol. The lowest BCUT2D eigenvalue weighted by Gasteiger charge is -2.02. The lowest BCUT2D eigenvalue weighted by molar-refractivity contribution is -0.116. The summed E-state index contributed by atoms with van der Waals surface area (Å²) in [6.45, 7) is 4.04. The first-order chi connectivity index (χ1) is 9.39. The molecule has 0 amide bonds. The minimum absolute atomic E-state index is 0.0509. The van der Waals surface area contributed by atoms with Crippen molar-refractivity contribution in [1.29, 1.82) is 0 Å². The van der Waals surface area contributed by atoms with Crippen molar-refractivity contribution in [2.24, 2.45) is 5.92 Å². The number of benzene rings is 1. The third kappa shape index (κ3) is 4.11. The quantitative estimate of drug-likeness (QED) is 0.349. The fourth-order valence-electron chi connectivity index (χ4n) is 1.75. The number of Topliss-reactive ketones (excluding diaryl/α,β-unsaturated/α-hetero) is 1. The Labute approximate surface area is 119 Å². The number of nitrogens with zero attached hydrogens (tertiary/aromatic N) is 2. The summed E-state index contributed by atoms with van der Waals surface area (Å²) in [6.07, 6.45) is 1.44. The molecule has 0 aliphatic carbocycles. The van der Waals surface area contributed by atoms with Crippen LogP contribution in [0, 0.1) is 5.92 Å². The molecule has 0 heterocycles. The molecule has 108 valence electrons. The summed E-state index contributed by atoms with van der Waals surface area (Å²) < 4.78 is 24.4. The van der Waals surface area contributed by atoms with E-state index in [-0.39, 0.29) is 11.3 Å². The van der Waals surface area contributed by atoms with Crippen molar-refractivity contribution in [3.63, 3.8) is 0 Å². The average molecular weight is 294 g/mol. The molecule has 0 saturated carbocycles. The van der Waals surface area contributed by atoms with Gasteiger partial charge in [-0.25, -0.2) is 8.42 Å². The molecule has 0 radical (unpaired) electrons. The van der Waals surface area contributed by atoms with E-state index in [1.807, 2.05) is 13.8 Å². The molecule has 0 N–H and O–H groups in total. The summed E-state index contributed by atoms with van der Waals surface area (Å²) in [5, 5.41) is -0.785. The van der Waals surface area contributed by atoms with Gasteiger partial charge in [0.2, 0.25) is 0 Å². The van der Waals surface area contributed by atoms with Crippen LogP contribution in [0.5, 0.6) is 0 Å². The lowest BCUT2D eigenvalue weighted by Crippen LogP contribution is -2.25. The highest BCUT2D eigenvalue weighted by atomic mass is 32.2. The third-order valence-electron chi connectivity index (χ3n) is 2.82. The largest absolute Gasteiger partial charge is 0.451 e. The molecule has 1 rings (SSSR count). The molecular weight excluding hydrogens is 276 g/mol. The smallest absolute Gasteiger partial charge is 0.360 e. The second-order valence-electron chi connectivity index (χ2n) is 4.93. The normalized spacial score (nSPS) is 11.2. The Hall–Kier alpha value is -1.78. The Balaban J connectivity index is 2.92. The Kier molecular flexibility index (Phi) is 5.80. The summed E-state index contributed by atoms with van der Waals surface area (Å²) in [6, 6.07) is 7.49. The van der Waals surface area contributed by atoms with Gasteiger partial charge in [-0.2, -0.15) is 0 Å². The summed E-state index contributed by atoms with van der Waals surface area (Å²) in [7, 11) is -4.05. The molecule has 0 aromatic heterocycles. The van der Waals surface area contributed by atoms with Crippen LogP contribution in [0.3, 0.4) is 0 Å². The average Bonchev–Trinajstić information content (AvgIpc) is 2.39. The molecule has 0 bridgehead atoms. The molecule has 0 atom stereocenters. The Morgan fingerprint density at radius 1 is 1.25 bits per heavy atom. The van der Waals surface area contributed by atoms with Gasteiger partial charge in [-0.15, -0.1) is 4.79 Å². The molecule has 1 aromatic carbocycles. The highest BCUT2D eigenvalue weighted by molar-refractivity contribution is 8.08. The number of carbonyl (C=O) groups excluding carboxylic acids is 1. The van der Waals surface area contributed by atoms with E-state index in [0.29, 0.717) is 12.3 Å². The van der Waals surface area contributed by atoms with Crippen LogP contribution in [0.4, 0.5) is 0 Å². The third-order valence-corrected chi connectivity index (χ3v) is 4.53. The monoisotopic (exact) mass is 294 g/mol. The van der Waals surface area contributed by atoms with E-state index in [4.69, 9.17) is 5.53 Å². The van der Waals surface area contributed by atoms with E-state index < -0.39 is 20.7 Å². The molecular formula is C14H18N2O3S. The van der Waals surface area contributed by atoms with Crippen LogP contribution in [-0.4, -0.2) is 24.0 Å². The summed E-state index contributed by atoms with van der Waals surface area (Å²) in [5.41, 5.74) is 8.89. The molecule has 1 aromatic rings. The van der Waals surface area contributed by atoms with Gasteiger partial charge in [-0.1, -0.05) is 38.5 Å². The zero-order valence-electron chi connectivity index (χ0n) is 11.6. The van der Waals surface area contributed by atoms with Gasteiger partial charge in [0, 0.05) is 6.42 Å². The molecule has 0 saturated heterocycles. The van der Waals surface area contributed by atoms with Gasteiger partial charge in [0.05, 0.1) is 4.90 Å². The van der Waals surface area contributed by atoms with E-state index in [0.717, 1.165) is 6.42 Å². The Bertz CT molecular complexity index is 615. The Morgan fingerprint density at radius 2 is 1.85 bits per heavy atom. The van der Waals surface area contributed by atoms with Crippen molar-refractivity contribution in [2.45, 2.75) is 38.0 Å². The molecule has 0 spiro atoms. The van der Waals surface area contributed by atoms with Crippen LogP contribution in [0.2, 0.25) is 0 Å². The van der Waals surface area contributed by atoms with E-state index in [1.54, 1.807) is 18.2 Å². The van der Waals surface area contributed by atoms with E-state index >= 15 is 0 Å². The van der Waals surface area contributed by atoms with Gasteiger partial charge in [0.25, 0.3) is 15.6 Å². The fraction of sp³-hybridized carbons (Fsp3) is 0.429. The van der Waals surface area contributed by atoms with Crippen LogP contribution in [-0.2, 0) is 14.6 Å². The summed E-state index contributed by atoms with van der Waals surface area (Å²) in [4.78, 5) is 14.6. The predicted octanol–water partition coefficient (Wildman–Crippen LogP) is 2.48. The van der Waals surface area contributed by atoms with Crippen molar-refractivity contribution in [1.82, 2.24) is 0 Å². The molecule has 20 heavy (non-hydrogen) atoms. The number of ketones is 1. The standard InChI is InChI=1S/C14H18N2O3S/c1-11(2)7-6-10-13(17)14(16-15)20(18,19)12-8-4-3-5-9-12/h3-5,8-9,11H,6-7,10H2,1-2H3. The molecule has 0 unspecified atom stereocenters. The first-order valence-corrected chi connectivity index (χ1v) is 7.93. The van der Waals surface area contributed by atoms with Gasteiger partial charge >= 0.3 is 5.04 Å².